The third kappa shape index (κ3) is 3.33. The summed E-state index contributed by atoms with van der Waals surface area (Å²) in [5, 5.41) is 9.09. The van der Waals surface area contributed by atoms with Crippen molar-refractivity contribution in [1.29, 1.82) is 0 Å². The van der Waals surface area contributed by atoms with Crippen LogP contribution in [0.4, 0.5) is 0 Å². The van der Waals surface area contributed by atoms with Crippen molar-refractivity contribution in [1.82, 2.24) is 0 Å². The molecule has 2 aromatic rings. The fourth-order valence-electron chi connectivity index (χ4n) is 2.14. The van der Waals surface area contributed by atoms with E-state index in [1.54, 1.807) is 0 Å². The second kappa shape index (κ2) is 5.99. The number of hydrogen-bond donors (Lipinski definition) is 1. The van der Waals surface area contributed by atoms with E-state index in [1.807, 2.05) is 19.1 Å². The highest BCUT2D eigenvalue weighted by molar-refractivity contribution is 7.90. The molecule has 0 fully saturated rings. The molecule has 0 radical (unpaired) electrons. The summed E-state index contributed by atoms with van der Waals surface area (Å²) in [6, 6.07) is 8.09. The number of benzene rings is 1. The van der Waals surface area contributed by atoms with Crippen molar-refractivity contribution in [3.63, 3.8) is 0 Å². The molecule has 1 N–H and O–H groups in total. The second-order valence-corrected chi connectivity index (χ2v) is 7.93. The first kappa shape index (κ1) is 15.7. The number of carboxylic acid groups (broad SMARTS) is 1. The van der Waals surface area contributed by atoms with Crippen LogP contribution in [-0.2, 0) is 22.0 Å². The SMILES string of the molecule is CCc1ccc(CS(=O)(=O)c2cccc(C(=O)O)c2C)s1. The number of aryl methyl sites for hydroxylation is 1. The largest absolute Gasteiger partial charge is 0.478 e. The van der Waals surface area contributed by atoms with Gasteiger partial charge >= 0.3 is 5.97 Å². The van der Waals surface area contributed by atoms with Crippen molar-refractivity contribution >= 4 is 27.1 Å². The van der Waals surface area contributed by atoms with Gasteiger partial charge in [0, 0.05) is 9.75 Å². The third-order valence-electron chi connectivity index (χ3n) is 3.25. The van der Waals surface area contributed by atoms with E-state index in [2.05, 4.69) is 0 Å². The molecule has 112 valence electrons. The highest BCUT2D eigenvalue weighted by Gasteiger charge is 2.21. The van der Waals surface area contributed by atoms with Gasteiger partial charge in [0.2, 0.25) is 0 Å². The monoisotopic (exact) mass is 324 g/mol. The molecule has 0 amide bonds. The number of thiophene rings is 1. The third-order valence-corrected chi connectivity index (χ3v) is 6.46. The lowest BCUT2D eigenvalue weighted by atomic mass is 10.1. The minimum atomic E-state index is -3.55. The van der Waals surface area contributed by atoms with Gasteiger partial charge in [-0.3, -0.25) is 0 Å². The van der Waals surface area contributed by atoms with E-state index >= 15 is 0 Å². The first-order chi connectivity index (χ1) is 9.85. The van der Waals surface area contributed by atoms with Crippen LogP contribution >= 0.6 is 11.3 Å². The van der Waals surface area contributed by atoms with Crippen molar-refractivity contribution in [2.24, 2.45) is 0 Å². The maximum Gasteiger partial charge on any atom is 0.335 e. The van der Waals surface area contributed by atoms with Gasteiger partial charge in [-0.2, -0.15) is 0 Å². The normalized spacial score (nSPS) is 11.5. The lowest BCUT2D eigenvalue weighted by Crippen LogP contribution is -2.09. The van der Waals surface area contributed by atoms with Crippen molar-refractivity contribution in [2.45, 2.75) is 30.9 Å². The summed E-state index contributed by atoms with van der Waals surface area (Å²) in [5.74, 6) is -1.21. The fourth-order valence-corrected chi connectivity index (χ4v) is 5.08. The van der Waals surface area contributed by atoms with E-state index in [1.165, 1.54) is 36.5 Å². The molecule has 4 nitrogen and oxygen atoms in total. The lowest BCUT2D eigenvalue weighted by Gasteiger charge is -2.09. The quantitative estimate of drug-likeness (QED) is 0.916. The molecule has 0 aliphatic rings. The first-order valence-corrected chi connectivity index (χ1v) is 8.95. The van der Waals surface area contributed by atoms with Crippen LogP contribution in [0, 0.1) is 6.92 Å². The Labute approximate surface area is 128 Å². The van der Waals surface area contributed by atoms with Gasteiger partial charge in [-0.25, -0.2) is 13.2 Å². The molecule has 0 atom stereocenters. The number of sulfone groups is 1. The zero-order chi connectivity index (χ0) is 15.6. The van der Waals surface area contributed by atoms with E-state index in [4.69, 9.17) is 5.11 Å². The number of rotatable bonds is 5. The van der Waals surface area contributed by atoms with Crippen molar-refractivity contribution in [3.05, 3.63) is 51.2 Å². The summed E-state index contributed by atoms with van der Waals surface area (Å²) in [7, 11) is -3.55. The molecule has 2 rings (SSSR count). The Morgan fingerprint density at radius 2 is 1.86 bits per heavy atom. The Morgan fingerprint density at radius 1 is 1.19 bits per heavy atom. The number of aromatic carboxylic acids is 1. The molecule has 0 bridgehead atoms. The van der Waals surface area contributed by atoms with Crippen molar-refractivity contribution in [2.75, 3.05) is 0 Å². The number of carboxylic acids is 1. The molecule has 1 aromatic heterocycles. The molecule has 6 heteroatoms. The molecule has 0 saturated carbocycles. The molecule has 0 aliphatic carbocycles. The number of carbonyl (C=O) groups is 1. The van der Waals surface area contributed by atoms with E-state index in [0.717, 1.165) is 16.2 Å². The molecule has 1 heterocycles. The maximum absolute atomic E-state index is 12.5. The summed E-state index contributed by atoms with van der Waals surface area (Å²) in [5.41, 5.74) is 0.314. The molecule has 0 aliphatic heterocycles. The zero-order valence-electron chi connectivity index (χ0n) is 11.8. The topological polar surface area (TPSA) is 71.4 Å². The zero-order valence-corrected chi connectivity index (χ0v) is 13.4. The standard InChI is InChI=1S/C15H16O4S2/c1-3-11-7-8-12(20-11)9-21(18,19)14-6-4-5-13(10(14)2)15(16)17/h4-8H,3,9H2,1-2H3,(H,16,17). The molecule has 1 aromatic carbocycles. The maximum atomic E-state index is 12.5. The predicted molar refractivity (Wildman–Crippen MR) is 82.7 cm³/mol. The highest BCUT2D eigenvalue weighted by atomic mass is 32.2. The number of hydrogen-bond acceptors (Lipinski definition) is 4. The van der Waals surface area contributed by atoms with Gasteiger partial charge < -0.3 is 5.11 Å². The van der Waals surface area contributed by atoms with Crippen molar-refractivity contribution in [3.8, 4) is 0 Å². The van der Waals surface area contributed by atoms with E-state index in [9.17, 15) is 13.2 Å². The Hall–Kier alpha value is -1.66. The highest BCUT2D eigenvalue weighted by Crippen LogP contribution is 2.26. The Morgan fingerprint density at radius 3 is 2.43 bits per heavy atom. The van der Waals surface area contributed by atoms with Crippen LogP contribution in [0.1, 0.15) is 32.6 Å². The van der Waals surface area contributed by atoms with Crippen LogP contribution in [0.5, 0.6) is 0 Å². The van der Waals surface area contributed by atoms with Gasteiger partial charge in [0.05, 0.1) is 16.2 Å². The summed E-state index contributed by atoms with van der Waals surface area (Å²) in [6.07, 6.45) is 0.873. The Balaban J connectivity index is 2.40. The van der Waals surface area contributed by atoms with Crippen LogP contribution in [0.15, 0.2) is 35.2 Å². The van der Waals surface area contributed by atoms with Gasteiger partial charge in [0.15, 0.2) is 9.84 Å². The predicted octanol–water partition coefficient (Wildman–Crippen LogP) is 3.29. The minimum absolute atomic E-state index is 0.0245. The van der Waals surface area contributed by atoms with E-state index in [-0.39, 0.29) is 21.8 Å². The van der Waals surface area contributed by atoms with Gasteiger partial charge in [0.25, 0.3) is 0 Å². The van der Waals surface area contributed by atoms with Gasteiger partial charge in [-0.05, 0) is 43.2 Å². The molecule has 0 saturated heterocycles. The van der Waals surface area contributed by atoms with Crippen molar-refractivity contribution < 1.29 is 18.3 Å². The average molecular weight is 324 g/mol. The van der Waals surface area contributed by atoms with Gasteiger partial charge in [-0.15, -0.1) is 11.3 Å². The van der Waals surface area contributed by atoms with Crippen LogP contribution in [-0.4, -0.2) is 19.5 Å². The fraction of sp³-hybridized carbons (Fsp3) is 0.267. The minimum Gasteiger partial charge on any atom is -0.478 e. The van der Waals surface area contributed by atoms with Crippen LogP contribution < -0.4 is 0 Å². The molecular formula is C15H16O4S2. The molecule has 0 spiro atoms. The van der Waals surface area contributed by atoms with E-state index < -0.39 is 15.8 Å². The lowest BCUT2D eigenvalue weighted by molar-refractivity contribution is 0.0696. The Bertz CT molecular complexity index is 773. The second-order valence-electron chi connectivity index (χ2n) is 4.71. The van der Waals surface area contributed by atoms with Crippen LogP contribution in [0.2, 0.25) is 0 Å². The molecule has 21 heavy (non-hydrogen) atoms. The first-order valence-electron chi connectivity index (χ1n) is 6.48. The molecule has 0 unspecified atom stereocenters. The average Bonchev–Trinajstić information content (AvgIpc) is 2.85. The van der Waals surface area contributed by atoms with Crippen LogP contribution in [0.25, 0.3) is 0 Å². The summed E-state index contributed by atoms with van der Waals surface area (Å²) >= 11 is 1.48. The van der Waals surface area contributed by atoms with Gasteiger partial charge in [-0.1, -0.05) is 13.0 Å². The van der Waals surface area contributed by atoms with Crippen LogP contribution in [0.3, 0.4) is 0 Å². The smallest absolute Gasteiger partial charge is 0.335 e. The molecular weight excluding hydrogens is 308 g/mol. The summed E-state index contributed by atoms with van der Waals surface area (Å²) in [6.45, 7) is 3.55. The van der Waals surface area contributed by atoms with E-state index in [0.29, 0.717) is 0 Å². The summed E-state index contributed by atoms with van der Waals surface area (Å²) < 4.78 is 25.0. The summed E-state index contributed by atoms with van der Waals surface area (Å²) in [4.78, 5) is 13.1. The van der Waals surface area contributed by atoms with Gasteiger partial charge in [0.1, 0.15) is 0 Å². The Kier molecular flexibility index (Phi) is 4.49.